The van der Waals surface area contributed by atoms with Gasteiger partial charge in [-0.05, 0) is 0 Å². The van der Waals surface area contributed by atoms with E-state index in [1.165, 1.54) is 0 Å². The van der Waals surface area contributed by atoms with Crippen molar-refractivity contribution in [3.63, 3.8) is 0 Å². The third-order valence-electron chi connectivity index (χ3n) is 0. The summed E-state index contributed by atoms with van der Waals surface area (Å²) < 4.78 is 0. The first-order chi connectivity index (χ1) is 0. The Morgan fingerprint density at radius 3 is 0.750 bits per heavy atom. The minimum absolute atomic E-state index is 0. The summed E-state index contributed by atoms with van der Waals surface area (Å²) in [4.78, 5) is 0. The predicted molar refractivity (Wildman–Crippen MR) is 6.72 cm³/mol. The summed E-state index contributed by atoms with van der Waals surface area (Å²) in [5, 5.41) is 0. The molecule has 0 aliphatic rings. The van der Waals surface area contributed by atoms with Crippen molar-refractivity contribution in [3.05, 3.63) is 12.3 Å². The van der Waals surface area contributed by atoms with Crippen molar-refractivity contribution >= 4 is 0 Å². The molecule has 4 heteroatoms. The van der Waals surface area contributed by atoms with Gasteiger partial charge >= 0.3 is 21.1 Å². The first kappa shape index (κ1) is 55.6. The summed E-state index contributed by atoms with van der Waals surface area (Å²) in [5.74, 6) is 0. The molecule has 4 heavy (non-hydrogen) atoms. The summed E-state index contributed by atoms with van der Waals surface area (Å²) in [6.07, 6.45) is 0. The number of hydrogen-bond acceptors (Lipinski definition) is 0. The fourth-order valence-electron chi connectivity index (χ4n) is 0. The first-order valence-corrected chi connectivity index (χ1v) is 0. The second-order valence-electron chi connectivity index (χ2n) is 0. The zero-order chi connectivity index (χ0) is 0. The van der Waals surface area contributed by atoms with E-state index in [1.807, 2.05) is 0 Å². The molecular weight excluding hydrogens is 409 g/mol. The van der Waals surface area contributed by atoms with E-state index in [-0.39, 0.29) is 55.7 Å². The van der Waals surface area contributed by atoms with Gasteiger partial charge in [-0.3, -0.25) is 0 Å². The van der Waals surface area contributed by atoms with Gasteiger partial charge in [0.2, 0.25) is 0 Å². The molecule has 2 nitrogen and oxygen atoms in total. The molecule has 0 unspecified atom stereocenters. The van der Waals surface area contributed by atoms with E-state index >= 15 is 0 Å². The Morgan fingerprint density at radius 2 is 0.750 bits per heavy atom. The van der Waals surface area contributed by atoms with Crippen LogP contribution in [0, 0.1) is 0 Å². The average molecular weight is 409 g/mol. The predicted octanol–water partition coefficient (Wildman–Crippen LogP) is 0.572. The first-order valence-electron chi connectivity index (χ1n) is 0. The van der Waals surface area contributed by atoms with Crippen molar-refractivity contribution in [2.45, 2.75) is 0 Å². The molecule has 0 saturated carbocycles. The van der Waals surface area contributed by atoms with Gasteiger partial charge < -0.3 is 12.3 Å². The summed E-state index contributed by atoms with van der Waals surface area (Å²) in [5.41, 5.74) is 0. The van der Waals surface area contributed by atoms with Crippen LogP contribution in [0.1, 0.15) is 0 Å². The molecule has 0 aliphatic heterocycles. The van der Waals surface area contributed by atoms with Crippen molar-refractivity contribution in [3.8, 4) is 0 Å². The van der Waals surface area contributed by atoms with Gasteiger partial charge in [-0.2, -0.15) is 0 Å². The quantitative estimate of drug-likeness (QED) is 0.526. The van der Waals surface area contributed by atoms with Crippen LogP contribution in [0.2, 0.25) is 0 Å². The van der Waals surface area contributed by atoms with E-state index < -0.39 is 0 Å². The SMILES string of the molecule is [Au].[N-3].[N-3].[W+6]. The van der Waals surface area contributed by atoms with Gasteiger partial charge in [0.15, 0.2) is 0 Å². The Kier molecular flexibility index (Phi) is 373. The van der Waals surface area contributed by atoms with Crippen LogP contribution in [0.4, 0.5) is 0 Å². The maximum absolute atomic E-state index is 0. The van der Waals surface area contributed by atoms with E-state index in [4.69, 9.17) is 0 Å². The molecule has 27 valence electrons. The number of nitrogens with zero attached hydrogens (tertiary/aromatic N) is 2. The molecule has 0 saturated heterocycles. The van der Waals surface area contributed by atoms with Crippen molar-refractivity contribution in [1.29, 1.82) is 0 Å². The van der Waals surface area contributed by atoms with Crippen LogP contribution < -0.4 is 0 Å². The summed E-state index contributed by atoms with van der Waals surface area (Å²) >= 11 is 0. The van der Waals surface area contributed by atoms with Crippen LogP contribution >= 0.6 is 0 Å². The standard InChI is InChI=1S/Au.2N.W/q;2*-3;+6. The molecule has 0 aliphatic carbocycles. The van der Waals surface area contributed by atoms with Crippen molar-refractivity contribution in [1.82, 2.24) is 0 Å². The maximum Gasteiger partial charge on any atom is 6.00 e. The molecule has 0 aromatic rings. The summed E-state index contributed by atoms with van der Waals surface area (Å²) in [7, 11) is 0. The molecule has 1 radical (unpaired) electrons. The van der Waals surface area contributed by atoms with Gasteiger partial charge in [-0.25, -0.2) is 0 Å². The zero-order valence-electron chi connectivity index (χ0n) is 1.60. The normalized spacial score (nSPS) is 0. The van der Waals surface area contributed by atoms with Gasteiger partial charge in [0.05, 0.1) is 0 Å². The van der Waals surface area contributed by atoms with Gasteiger partial charge in [0.1, 0.15) is 0 Å². The second-order valence-corrected chi connectivity index (χ2v) is 0. The maximum atomic E-state index is 0. The molecule has 0 bridgehead atoms. The Labute approximate surface area is 55.7 Å². The van der Waals surface area contributed by atoms with Crippen molar-refractivity contribution in [2.24, 2.45) is 0 Å². The van der Waals surface area contributed by atoms with Crippen LogP contribution in [-0.4, -0.2) is 0 Å². The van der Waals surface area contributed by atoms with Crippen LogP contribution in [0.3, 0.4) is 0 Å². The smallest absolute Gasteiger partial charge is 3.00 e. The van der Waals surface area contributed by atoms with Crippen LogP contribution in [0.5, 0.6) is 0 Å². The summed E-state index contributed by atoms with van der Waals surface area (Å²) in [6, 6.07) is 0. The van der Waals surface area contributed by atoms with Crippen molar-refractivity contribution < 1.29 is 43.4 Å². The van der Waals surface area contributed by atoms with E-state index in [0.717, 1.165) is 0 Å². The van der Waals surface area contributed by atoms with Gasteiger partial charge in [0.25, 0.3) is 0 Å². The molecule has 0 amide bonds. The number of rotatable bonds is 0. The largest absolute Gasteiger partial charge is 6.00 e. The van der Waals surface area contributed by atoms with E-state index in [0.29, 0.717) is 0 Å². The minimum Gasteiger partial charge on any atom is -3.00 e. The monoisotopic (exact) mass is 409 g/mol. The van der Waals surface area contributed by atoms with Crippen LogP contribution in [0.25, 0.3) is 12.3 Å². The van der Waals surface area contributed by atoms with Crippen molar-refractivity contribution in [2.75, 3.05) is 0 Å². The minimum atomic E-state index is 0. The third-order valence-corrected chi connectivity index (χ3v) is 0. The molecule has 0 spiro atoms. The van der Waals surface area contributed by atoms with Gasteiger partial charge in [-0.1, -0.05) is 0 Å². The van der Waals surface area contributed by atoms with E-state index in [9.17, 15) is 0 Å². The van der Waals surface area contributed by atoms with E-state index in [1.54, 1.807) is 0 Å². The van der Waals surface area contributed by atoms with Gasteiger partial charge in [0, 0.05) is 22.4 Å². The zero-order valence-corrected chi connectivity index (χ0v) is 6.70. The molecule has 0 fully saturated rings. The van der Waals surface area contributed by atoms with Gasteiger partial charge in [-0.15, -0.1) is 0 Å². The molecular formula is AuN2W. The van der Waals surface area contributed by atoms with Crippen LogP contribution in [-0.2, 0) is 43.4 Å². The Morgan fingerprint density at radius 1 is 0.750 bits per heavy atom. The second kappa shape index (κ2) is 26.8. The molecule has 0 aromatic carbocycles. The fraction of sp³-hybridized carbons (Fsp3) is 0. The third kappa shape index (κ3) is 10.2. The Balaban J connectivity index is 0. The Bertz CT molecular complexity index is 6.00. The molecule has 0 aromatic heterocycles. The summed E-state index contributed by atoms with van der Waals surface area (Å²) in [6.45, 7) is 0. The topological polar surface area (TPSA) is 61.0 Å². The fourth-order valence-corrected chi connectivity index (χ4v) is 0. The molecule has 0 heterocycles. The molecule has 0 rings (SSSR count). The average Bonchev–Trinajstić information content (AvgIpc) is 0. The van der Waals surface area contributed by atoms with E-state index in [2.05, 4.69) is 0 Å². The molecule has 0 atom stereocenters. The molecule has 0 N–H and O–H groups in total. The number of hydrogen-bond donors (Lipinski definition) is 0. The Hall–Kier alpha value is 1.35. The van der Waals surface area contributed by atoms with Crippen LogP contribution in [0.15, 0.2) is 0 Å².